The number of hydrogen-bond donors (Lipinski definition) is 0. The summed E-state index contributed by atoms with van der Waals surface area (Å²) in [7, 11) is 0. The normalized spacial score (nSPS) is 17.8. The molecule has 1 aliphatic carbocycles. The molecule has 0 amide bonds. The van der Waals surface area contributed by atoms with Gasteiger partial charge in [-0.1, -0.05) is 66.7 Å². The number of rotatable bonds is 6. The minimum absolute atomic E-state index is 0.0466. The molecule has 0 heterocycles. The van der Waals surface area contributed by atoms with Gasteiger partial charge in [-0.25, -0.2) is 0 Å². The van der Waals surface area contributed by atoms with Gasteiger partial charge in [-0.3, -0.25) is 4.79 Å². The topological polar surface area (TPSA) is 17.1 Å². The van der Waals surface area contributed by atoms with Gasteiger partial charge in [0.1, 0.15) is 0 Å². The number of ketones is 1. The van der Waals surface area contributed by atoms with Gasteiger partial charge < -0.3 is 0 Å². The first-order valence-corrected chi connectivity index (χ1v) is 9.97. The number of thioether (sulfide) groups is 2. The van der Waals surface area contributed by atoms with Crippen molar-refractivity contribution in [3.05, 3.63) is 96.6 Å². The van der Waals surface area contributed by atoms with E-state index in [2.05, 4.69) is 48.5 Å². The van der Waals surface area contributed by atoms with Gasteiger partial charge in [0.2, 0.25) is 0 Å². The fourth-order valence-corrected chi connectivity index (χ4v) is 6.07. The minimum Gasteiger partial charge on any atom is -0.294 e. The molecule has 0 saturated heterocycles. The first-order chi connectivity index (χ1) is 12.3. The molecular formula is C22H18OS2. The van der Waals surface area contributed by atoms with E-state index in [1.54, 1.807) is 0 Å². The van der Waals surface area contributed by atoms with Crippen LogP contribution < -0.4 is 0 Å². The second-order valence-electron chi connectivity index (χ2n) is 6.13. The van der Waals surface area contributed by atoms with Crippen molar-refractivity contribution < 1.29 is 4.79 Å². The van der Waals surface area contributed by atoms with Crippen LogP contribution in [-0.4, -0.2) is 9.86 Å². The lowest BCUT2D eigenvalue weighted by Gasteiger charge is -2.17. The number of carbonyl (C=O) groups excluding carboxylic acids is 1. The van der Waals surface area contributed by atoms with Gasteiger partial charge in [-0.15, -0.1) is 23.5 Å². The van der Waals surface area contributed by atoms with Crippen LogP contribution >= 0.6 is 23.5 Å². The van der Waals surface area contributed by atoms with Crippen LogP contribution in [0.15, 0.2) is 101 Å². The van der Waals surface area contributed by atoms with Crippen molar-refractivity contribution in [1.29, 1.82) is 0 Å². The summed E-state index contributed by atoms with van der Waals surface area (Å²) in [5, 5.41) is 0. The largest absolute Gasteiger partial charge is 0.294 e. The average molecular weight is 363 g/mol. The monoisotopic (exact) mass is 362 g/mol. The minimum atomic E-state index is -0.115. The van der Waals surface area contributed by atoms with Crippen LogP contribution in [0.4, 0.5) is 0 Å². The van der Waals surface area contributed by atoms with Crippen LogP contribution in [0.25, 0.3) is 0 Å². The average Bonchev–Trinajstić information content (AvgIpc) is 3.36. The first kappa shape index (κ1) is 16.5. The smallest absolute Gasteiger partial charge is 0.168 e. The van der Waals surface area contributed by atoms with Crippen molar-refractivity contribution in [3.8, 4) is 0 Å². The Morgan fingerprint density at radius 1 is 0.720 bits per heavy atom. The summed E-state index contributed by atoms with van der Waals surface area (Å²) in [6.07, 6.45) is 0.903. The highest BCUT2D eigenvalue weighted by atomic mass is 32.2. The molecule has 0 spiro atoms. The van der Waals surface area contributed by atoms with Crippen molar-refractivity contribution in [3.63, 3.8) is 0 Å². The molecule has 0 bridgehead atoms. The van der Waals surface area contributed by atoms with Crippen LogP contribution in [0, 0.1) is 5.92 Å². The summed E-state index contributed by atoms with van der Waals surface area (Å²) in [5.74, 6) is 0.303. The Hall–Kier alpha value is -1.97. The number of hydrogen-bond acceptors (Lipinski definition) is 3. The van der Waals surface area contributed by atoms with E-state index >= 15 is 0 Å². The number of benzene rings is 3. The van der Waals surface area contributed by atoms with E-state index in [1.165, 1.54) is 9.79 Å². The summed E-state index contributed by atoms with van der Waals surface area (Å²) < 4.78 is -0.115. The quantitative estimate of drug-likeness (QED) is 0.385. The van der Waals surface area contributed by atoms with Crippen molar-refractivity contribution in [2.45, 2.75) is 20.3 Å². The molecule has 0 N–H and O–H groups in total. The predicted octanol–water partition coefficient (Wildman–Crippen LogP) is 6.17. The van der Waals surface area contributed by atoms with Gasteiger partial charge in [0.25, 0.3) is 0 Å². The second-order valence-corrected chi connectivity index (χ2v) is 9.20. The Morgan fingerprint density at radius 2 is 1.16 bits per heavy atom. The molecular weight excluding hydrogens is 344 g/mol. The molecule has 124 valence electrons. The summed E-state index contributed by atoms with van der Waals surface area (Å²) in [5.41, 5.74) is 0.816. The van der Waals surface area contributed by atoms with Crippen LogP contribution in [0.5, 0.6) is 0 Å². The summed E-state index contributed by atoms with van der Waals surface area (Å²) in [6, 6.07) is 30.4. The second kappa shape index (κ2) is 7.11. The lowest BCUT2D eigenvalue weighted by atomic mass is 10.1. The zero-order valence-electron chi connectivity index (χ0n) is 13.7. The maximum Gasteiger partial charge on any atom is 0.168 e. The van der Waals surface area contributed by atoms with E-state index in [0.29, 0.717) is 0 Å². The number of carbonyl (C=O) groups is 1. The van der Waals surface area contributed by atoms with Gasteiger partial charge >= 0.3 is 0 Å². The van der Waals surface area contributed by atoms with Gasteiger partial charge in [0.15, 0.2) is 5.78 Å². The molecule has 25 heavy (non-hydrogen) atoms. The van der Waals surface area contributed by atoms with E-state index in [9.17, 15) is 4.79 Å². The van der Waals surface area contributed by atoms with E-state index < -0.39 is 0 Å². The van der Waals surface area contributed by atoms with Gasteiger partial charge in [-0.05, 0) is 30.7 Å². The molecule has 0 aliphatic heterocycles. The highest BCUT2D eigenvalue weighted by Gasteiger charge is 2.59. The Kier molecular flexibility index (Phi) is 4.69. The molecule has 1 unspecified atom stereocenters. The molecule has 1 aliphatic rings. The highest BCUT2D eigenvalue weighted by molar-refractivity contribution is 8.18. The summed E-state index contributed by atoms with van der Waals surface area (Å²) >= 11 is 3.65. The van der Waals surface area contributed by atoms with Gasteiger partial charge in [0, 0.05) is 21.3 Å². The Balaban J connectivity index is 1.61. The van der Waals surface area contributed by atoms with Crippen LogP contribution in [-0.2, 0) is 0 Å². The van der Waals surface area contributed by atoms with E-state index in [1.807, 2.05) is 66.0 Å². The first-order valence-electron chi connectivity index (χ1n) is 8.34. The molecule has 3 aromatic rings. The van der Waals surface area contributed by atoms with Gasteiger partial charge in [0.05, 0.1) is 4.08 Å². The zero-order chi connectivity index (χ0) is 17.1. The molecule has 1 saturated carbocycles. The molecule has 1 nitrogen and oxygen atoms in total. The highest BCUT2D eigenvalue weighted by Crippen LogP contribution is 2.66. The van der Waals surface area contributed by atoms with Gasteiger partial charge in [-0.2, -0.15) is 0 Å². The maximum absolute atomic E-state index is 13.0. The standard InChI is InChI=1S/C22H18OS2/c23-21(17-10-4-1-5-11-17)20-16-22(20,24-18-12-6-2-7-13-18)25-19-14-8-3-9-15-19/h1-15,20H,16H2. The van der Waals surface area contributed by atoms with Crippen molar-refractivity contribution in [2.24, 2.45) is 5.92 Å². The fraction of sp³-hybridized carbons (Fsp3) is 0.136. The summed E-state index contributed by atoms with van der Waals surface area (Å²) in [6.45, 7) is 0. The Labute approximate surface area is 156 Å². The Morgan fingerprint density at radius 3 is 1.64 bits per heavy atom. The predicted molar refractivity (Wildman–Crippen MR) is 106 cm³/mol. The molecule has 1 fully saturated rings. The molecule has 3 heteroatoms. The number of Topliss-reactive ketones (excluding diaryl/α,β-unsaturated/α-hetero) is 1. The maximum atomic E-state index is 13.0. The van der Waals surface area contributed by atoms with E-state index in [-0.39, 0.29) is 15.8 Å². The fourth-order valence-electron chi connectivity index (χ4n) is 2.94. The van der Waals surface area contributed by atoms with E-state index in [4.69, 9.17) is 0 Å². The Bertz CT molecular complexity index is 805. The lowest BCUT2D eigenvalue weighted by Crippen LogP contribution is -2.10. The van der Waals surface area contributed by atoms with Crippen LogP contribution in [0.2, 0.25) is 0 Å². The molecule has 0 aromatic heterocycles. The third kappa shape index (κ3) is 3.68. The van der Waals surface area contributed by atoms with E-state index in [0.717, 1.165) is 12.0 Å². The molecule has 1 atom stereocenters. The SMILES string of the molecule is O=C(c1ccccc1)C1CC1(Sc1ccccc1)Sc1ccccc1. The van der Waals surface area contributed by atoms with Crippen molar-refractivity contribution in [1.82, 2.24) is 0 Å². The van der Waals surface area contributed by atoms with Crippen LogP contribution in [0.1, 0.15) is 16.8 Å². The van der Waals surface area contributed by atoms with Crippen molar-refractivity contribution >= 4 is 29.3 Å². The molecule has 0 radical (unpaired) electrons. The lowest BCUT2D eigenvalue weighted by molar-refractivity contribution is 0.0967. The molecule has 3 aromatic carbocycles. The third-order valence-electron chi connectivity index (χ3n) is 4.30. The van der Waals surface area contributed by atoms with Crippen molar-refractivity contribution in [2.75, 3.05) is 0 Å². The van der Waals surface area contributed by atoms with Crippen LogP contribution in [0.3, 0.4) is 0 Å². The third-order valence-corrected chi connectivity index (χ3v) is 7.41. The zero-order valence-corrected chi connectivity index (χ0v) is 15.3. The molecule has 4 rings (SSSR count). The summed E-state index contributed by atoms with van der Waals surface area (Å²) in [4.78, 5) is 15.4.